The topological polar surface area (TPSA) is 52.8 Å². The molecule has 4 rings (SSSR count). The highest BCUT2D eigenvalue weighted by Gasteiger charge is 2.53. The summed E-state index contributed by atoms with van der Waals surface area (Å²) in [6.45, 7) is 1.02. The van der Waals surface area contributed by atoms with E-state index in [0.717, 1.165) is 12.4 Å². The molecule has 1 unspecified atom stereocenters. The molecule has 1 aliphatic heterocycles. The van der Waals surface area contributed by atoms with E-state index >= 15 is 0 Å². The van der Waals surface area contributed by atoms with Gasteiger partial charge in [-0.25, -0.2) is 4.98 Å². The van der Waals surface area contributed by atoms with Crippen molar-refractivity contribution in [3.8, 4) is 6.07 Å². The Labute approximate surface area is 136 Å². The number of hydrogen-bond donors (Lipinski definition) is 0. The van der Waals surface area contributed by atoms with Gasteiger partial charge in [0, 0.05) is 12.0 Å². The molecule has 1 aromatic carbocycles. The van der Waals surface area contributed by atoms with Crippen LogP contribution in [0.5, 0.6) is 0 Å². The monoisotopic (exact) mass is 304 g/mol. The molecular formula is C19H20N4. The average molecular weight is 304 g/mol. The van der Waals surface area contributed by atoms with Crippen LogP contribution in [-0.4, -0.2) is 16.5 Å². The summed E-state index contributed by atoms with van der Waals surface area (Å²) in [5.41, 5.74) is 2.10. The zero-order chi connectivity index (χ0) is 15.7. The molecule has 23 heavy (non-hydrogen) atoms. The molecular weight excluding hydrogens is 284 g/mol. The van der Waals surface area contributed by atoms with Gasteiger partial charge in [0.2, 0.25) is 0 Å². The number of anilines is 1. The van der Waals surface area contributed by atoms with E-state index in [1.54, 1.807) is 6.20 Å². The van der Waals surface area contributed by atoms with E-state index in [4.69, 9.17) is 5.26 Å². The Balaban J connectivity index is 1.71. The smallest absolute Gasteiger partial charge is 0.161 e. The van der Waals surface area contributed by atoms with Crippen molar-refractivity contribution in [3.05, 3.63) is 54.0 Å². The Morgan fingerprint density at radius 2 is 1.87 bits per heavy atom. The molecule has 1 saturated carbocycles. The van der Waals surface area contributed by atoms with Crippen LogP contribution in [0.25, 0.3) is 0 Å². The van der Waals surface area contributed by atoms with Gasteiger partial charge in [0.05, 0.1) is 18.4 Å². The number of benzene rings is 1. The van der Waals surface area contributed by atoms with Gasteiger partial charge in [0.25, 0.3) is 0 Å². The van der Waals surface area contributed by atoms with Crippen LogP contribution in [0.2, 0.25) is 0 Å². The summed E-state index contributed by atoms with van der Waals surface area (Å²) in [6, 6.07) is 13.2. The first-order valence-corrected chi connectivity index (χ1v) is 8.36. The van der Waals surface area contributed by atoms with Crippen LogP contribution < -0.4 is 4.90 Å². The van der Waals surface area contributed by atoms with Crippen molar-refractivity contribution in [3.63, 3.8) is 0 Å². The van der Waals surface area contributed by atoms with Crippen LogP contribution in [0.15, 0.2) is 42.7 Å². The molecule has 0 bridgehead atoms. The third-order valence-electron chi connectivity index (χ3n) is 5.37. The summed E-state index contributed by atoms with van der Waals surface area (Å²) in [7, 11) is 0. The van der Waals surface area contributed by atoms with Crippen molar-refractivity contribution in [1.82, 2.24) is 9.97 Å². The van der Waals surface area contributed by atoms with Gasteiger partial charge in [-0.05, 0) is 18.4 Å². The highest BCUT2D eigenvalue weighted by atomic mass is 15.3. The summed E-state index contributed by atoms with van der Waals surface area (Å²) in [6.07, 6.45) is 9.88. The lowest BCUT2D eigenvalue weighted by Gasteiger charge is -2.60. The second kappa shape index (κ2) is 5.66. The third-order valence-corrected chi connectivity index (χ3v) is 5.37. The van der Waals surface area contributed by atoms with Gasteiger partial charge >= 0.3 is 0 Å². The van der Waals surface area contributed by atoms with Gasteiger partial charge in [0.15, 0.2) is 5.69 Å². The molecule has 2 aromatic rings. The normalized spacial score (nSPS) is 22.4. The number of nitrogens with zero attached hydrogens (tertiary/aromatic N) is 4. The molecule has 1 aliphatic carbocycles. The second-order valence-corrected chi connectivity index (χ2v) is 6.74. The summed E-state index contributed by atoms with van der Waals surface area (Å²) >= 11 is 0. The Kier molecular flexibility index (Phi) is 3.49. The van der Waals surface area contributed by atoms with Gasteiger partial charge in [0.1, 0.15) is 11.9 Å². The van der Waals surface area contributed by atoms with E-state index < -0.39 is 0 Å². The SMILES string of the molecule is N#Cc1cncc(N2CC3(CCCCC3)C2c2ccccc2)n1. The zero-order valence-corrected chi connectivity index (χ0v) is 13.2. The van der Waals surface area contributed by atoms with Gasteiger partial charge in [-0.15, -0.1) is 0 Å². The van der Waals surface area contributed by atoms with Crippen LogP contribution >= 0.6 is 0 Å². The van der Waals surface area contributed by atoms with E-state index in [-0.39, 0.29) is 0 Å². The van der Waals surface area contributed by atoms with E-state index in [1.807, 2.05) is 0 Å². The largest absolute Gasteiger partial charge is 0.347 e. The Hall–Kier alpha value is -2.41. The molecule has 0 radical (unpaired) electrons. The van der Waals surface area contributed by atoms with Crippen LogP contribution in [0.3, 0.4) is 0 Å². The predicted octanol–water partition coefficient (Wildman–Crippen LogP) is 3.86. The molecule has 0 amide bonds. The fraction of sp³-hybridized carbons (Fsp3) is 0.421. The van der Waals surface area contributed by atoms with Crippen molar-refractivity contribution < 1.29 is 0 Å². The predicted molar refractivity (Wildman–Crippen MR) is 88.8 cm³/mol. The fourth-order valence-electron chi connectivity index (χ4n) is 4.35. The van der Waals surface area contributed by atoms with Crippen molar-refractivity contribution in [2.24, 2.45) is 5.41 Å². The van der Waals surface area contributed by atoms with Crippen molar-refractivity contribution in [2.75, 3.05) is 11.4 Å². The maximum Gasteiger partial charge on any atom is 0.161 e. The minimum atomic E-state index is 0.354. The number of aromatic nitrogens is 2. The molecule has 1 aromatic heterocycles. The Morgan fingerprint density at radius 3 is 2.61 bits per heavy atom. The lowest BCUT2D eigenvalue weighted by atomic mass is 9.61. The van der Waals surface area contributed by atoms with Crippen molar-refractivity contribution in [2.45, 2.75) is 38.1 Å². The number of rotatable bonds is 2. The van der Waals surface area contributed by atoms with E-state index in [2.05, 4.69) is 51.3 Å². The lowest BCUT2D eigenvalue weighted by Crippen LogP contribution is -2.59. The summed E-state index contributed by atoms with van der Waals surface area (Å²) in [5.74, 6) is 0.828. The first-order valence-electron chi connectivity index (χ1n) is 8.36. The third kappa shape index (κ3) is 2.37. The quantitative estimate of drug-likeness (QED) is 0.845. The molecule has 2 fully saturated rings. The molecule has 4 nitrogen and oxygen atoms in total. The molecule has 4 heteroatoms. The van der Waals surface area contributed by atoms with Crippen molar-refractivity contribution in [1.29, 1.82) is 5.26 Å². The Morgan fingerprint density at radius 1 is 1.09 bits per heavy atom. The van der Waals surface area contributed by atoms with Crippen molar-refractivity contribution >= 4 is 5.82 Å². The van der Waals surface area contributed by atoms with Crippen LogP contribution in [0.4, 0.5) is 5.82 Å². The number of nitriles is 1. The minimum Gasteiger partial charge on any atom is -0.347 e. The summed E-state index contributed by atoms with van der Waals surface area (Å²) in [5, 5.41) is 9.09. The first-order chi connectivity index (χ1) is 11.3. The maximum atomic E-state index is 9.09. The lowest BCUT2D eigenvalue weighted by molar-refractivity contribution is 0.0722. The molecule has 1 spiro atoms. The standard InChI is InChI=1S/C19H20N4/c20-11-16-12-21-13-17(22-16)23-14-19(9-5-2-6-10-19)18(23)15-7-3-1-4-8-15/h1,3-4,7-8,12-13,18H,2,5-6,9-10,14H2. The second-order valence-electron chi connectivity index (χ2n) is 6.74. The summed E-state index contributed by atoms with van der Waals surface area (Å²) < 4.78 is 0. The van der Waals surface area contributed by atoms with E-state index in [0.29, 0.717) is 17.2 Å². The molecule has 116 valence electrons. The fourth-order valence-corrected chi connectivity index (χ4v) is 4.35. The zero-order valence-electron chi connectivity index (χ0n) is 13.2. The number of hydrogen-bond acceptors (Lipinski definition) is 4. The maximum absolute atomic E-state index is 9.09. The van der Waals surface area contributed by atoms with Crippen LogP contribution in [0, 0.1) is 16.7 Å². The van der Waals surface area contributed by atoms with E-state index in [1.165, 1.54) is 43.9 Å². The van der Waals surface area contributed by atoms with Gasteiger partial charge in [-0.3, -0.25) is 4.98 Å². The molecule has 2 aliphatic rings. The Bertz CT molecular complexity index is 729. The first kappa shape index (κ1) is 14.2. The van der Waals surface area contributed by atoms with Gasteiger partial charge in [-0.2, -0.15) is 5.26 Å². The molecule has 2 heterocycles. The highest BCUT2D eigenvalue weighted by Crippen LogP contribution is 2.57. The average Bonchev–Trinajstić information content (AvgIpc) is 2.61. The van der Waals surface area contributed by atoms with Gasteiger partial charge in [-0.1, -0.05) is 49.6 Å². The molecule has 0 N–H and O–H groups in total. The van der Waals surface area contributed by atoms with Gasteiger partial charge < -0.3 is 4.90 Å². The minimum absolute atomic E-state index is 0.354. The summed E-state index contributed by atoms with van der Waals surface area (Å²) in [4.78, 5) is 11.0. The van der Waals surface area contributed by atoms with E-state index in [9.17, 15) is 0 Å². The molecule has 1 saturated heterocycles. The molecule has 1 atom stereocenters. The van der Waals surface area contributed by atoms with Crippen LogP contribution in [-0.2, 0) is 0 Å². The van der Waals surface area contributed by atoms with Crippen LogP contribution in [0.1, 0.15) is 49.4 Å². The highest BCUT2D eigenvalue weighted by molar-refractivity contribution is 5.49.